The molecule has 0 saturated heterocycles. The predicted octanol–water partition coefficient (Wildman–Crippen LogP) is 2.81. The van der Waals surface area contributed by atoms with Gasteiger partial charge in [-0.25, -0.2) is 0 Å². The Bertz CT molecular complexity index is 337. The number of ether oxygens (including phenoxy) is 1. The maximum absolute atomic E-state index is 11.5. The minimum atomic E-state index is -0.161. The van der Waals surface area contributed by atoms with Crippen LogP contribution < -0.4 is 5.73 Å². The normalized spacial score (nSPS) is 14.1. The molecular weight excluding hydrogens is 214 g/mol. The summed E-state index contributed by atoms with van der Waals surface area (Å²) in [4.78, 5) is 11.5. The van der Waals surface area contributed by atoms with Crippen LogP contribution in [0.2, 0.25) is 0 Å². The zero-order chi connectivity index (χ0) is 12.7. The first-order chi connectivity index (χ1) is 8.13. The Morgan fingerprint density at radius 1 is 1.35 bits per heavy atom. The largest absolute Gasteiger partial charge is 0.463 e. The summed E-state index contributed by atoms with van der Waals surface area (Å²) in [6, 6.07) is 9.71. The van der Waals surface area contributed by atoms with E-state index in [2.05, 4.69) is 0 Å². The van der Waals surface area contributed by atoms with Crippen LogP contribution in [0.3, 0.4) is 0 Å². The summed E-state index contributed by atoms with van der Waals surface area (Å²) in [7, 11) is 0. The zero-order valence-corrected chi connectivity index (χ0v) is 10.6. The summed E-state index contributed by atoms with van der Waals surface area (Å²) in [5.41, 5.74) is 7.06. The molecule has 3 heteroatoms. The van der Waals surface area contributed by atoms with Crippen molar-refractivity contribution in [2.45, 2.75) is 45.3 Å². The molecule has 0 aromatic heterocycles. The lowest BCUT2D eigenvalue weighted by molar-refractivity contribution is -0.148. The number of esters is 1. The highest BCUT2D eigenvalue weighted by Gasteiger charge is 2.11. The Balaban J connectivity index is 2.33. The molecule has 17 heavy (non-hydrogen) atoms. The van der Waals surface area contributed by atoms with Gasteiger partial charge in [0.25, 0.3) is 0 Å². The number of carbonyl (C=O) groups is 1. The zero-order valence-electron chi connectivity index (χ0n) is 10.6. The second kappa shape index (κ2) is 7.07. The van der Waals surface area contributed by atoms with E-state index in [1.165, 1.54) is 0 Å². The molecule has 0 radical (unpaired) electrons. The molecule has 94 valence electrons. The molecule has 1 aromatic carbocycles. The smallest absolute Gasteiger partial charge is 0.306 e. The first-order valence-corrected chi connectivity index (χ1v) is 6.13. The highest BCUT2D eigenvalue weighted by molar-refractivity contribution is 5.69. The van der Waals surface area contributed by atoms with Crippen LogP contribution in [0, 0.1) is 0 Å². The Morgan fingerprint density at radius 2 is 2.00 bits per heavy atom. The van der Waals surface area contributed by atoms with Crippen LogP contribution in [0.5, 0.6) is 0 Å². The van der Waals surface area contributed by atoms with Gasteiger partial charge in [0.15, 0.2) is 0 Å². The van der Waals surface area contributed by atoms with Crippen LogP contribution >= 0.6 is 0 Å². The quantitative estimate of drug-likeness (QED) is 0.771. The van der Waals surface area contributed by atoms with Crippen molar-refractivity contribution < 1.29 is 9.53 Å². The van der Waals surface area contributed by atoms with Crippen LogP contribution in [-0.4, -0.2) is 12.1 Å². The molecule has 1 rings (SSSR count). The molecule has 0 aliphatic carbocycles. The number of carbonyl (C=O) groups excluding carboxylic acids is 1. The fraction of sp³-hybridized carbons (Fsp3) is 0.500. The fourth-order valence-electron chi connectivity index (χ4n) is 1.51. The van der Waals surface area contributed by atoms with Gasteiger partial charge in [0.05, 0.1) is 6.10 Å². The average Bonchev–Trinajstić information content (AvgIpc) is 2.36. The third-order valence-electron chi connectivity index (χ3n) is 2.79. The number of hydrogen-bond donors (Lipinski definition) is 1. The van der Waals surface area contributed by atoms with Crippen LogP contribution in [-0.2, 0) is 9.53 Å². The van der Waals surface area contributed by atoms with E-state index in [4.69, 9.17) is 10.5 Å². The van der Waals surface area contributed by atoms with Crippen LogP contribution in [0.1, 0.15) is 44.7 Å². The minimum Gasteiger partial charge on any atom is -0.463 e. The molecule has 0 fully saturated rings. The van der Waals surface area contributed by atoms with Crippen LogP contribution in [0.4, 0.5) is 0 Å². The Morgan fingerprint density at radius 3 is 2.59 bits per heavy atom. The lowest BCUT2D eigenvalue weighted by Gasteiger charge is -2.13. The molecule has 0 heterocycles. The molecule has 2 atom stereocenters. The first kappa shape index (κ1) is 13.7. The van der Waals surface area contributed by atoms with Crippen LogP contribution in [0.15, 0.2) is 30.3 Å². The topological polar surface area (TPSA) is 52.3 Å². The number of rotatable bonds is 6. The number of hydrogen-bond acceptors (Lipinski definition) is 3. The summed E-state index contributed by atoms with van der Waals surface area (Å²) in [5.74, 6) is -0.161. The molecule has 0 amide bonds. The van der Waals surface area contributed by atoms with Crippen molar-refractivity contribution in [2.75, 3.05) is 0 Å². The molecule has 0 aliphatic heterocycles. The summed E-state index contributed by atoms with van der Waals surface area (Å²) in [5, 5.41) is 0. The lowest BCUT2D eigenvalue weighted by Crippen LogP contribution is -2.17. The van der Waals surface area contributed by atoms with Crippen molar-refractivity contribution in [3.8, 4) is 0 Å². The van der Waals surface area contributed by atoms with E-state index in [0.29, 0.717) is 12.8 Å². The monoisotopic (exact) mass is 235 g/mol. The van der Waals surface area contributed by atoms with Crippen molar-refractivity contribution in [1.29, 1.82) is 0 Å². The van der Waals surface area contributed by atoms with Crippen molar-refractivity contribution in [3.63, 3.8) is 0 Å². The van der Waals surface area contributed by atoms with Crippen molar-refractivity contribution >= 4 is 5.97 Å². The van der Waals surface area contributed by atoms with E-state index < -0.39 is 0 Å². The lowest BCUT2D eigenvalue weighted by atomic mass is 10.0. The summed E-state index contributed by atoms with van der Waals surface area (Å²) < 4.78 is 5.19. The number of nitrogens with two attached hydrogens (primary N) is 1. The highest BCUT2D eigenvalue weighted by atomic mass is 16.5. The molecule has 0 spiro atoms. The molecule has 0 bridgehead atoms. The average molecular weight is 235 g/mol. The summed E-state index contributed by atoms with van der Waals surface area (Å²) in [6.45, 7) is 3.89. The molecule has 3 nitrogen and oxygen atoms in total. The maximum Gasteiger partial charge on any atom is 0.306 e. The fourth-order valence-corrected chi connectivity index (χ4v) is 1.51. The van der Waals surface area contributed by atoms with Gasteiger partial charge < -0.3 is 10.5 Å². The molecule has 0 aliphatic rings. The van der Waals surface area contributed by atoms with Gasteiger partial charge >= 0.3 is 5.97 Å². The van der Waals surface area contributed by atoms with Crippen LogP contribution in [0.25, 0.3) is 0 Å². The molecule has 0 saturated carbocycles. The van der Waals surface area contributed by atoms with Crippen molar-refractivity contribution in [1.82, 2.24) is 0 Å². The van der Waals surface area contributed by atoms with Crippen molar-refractivity contribution in [2.24, 2.45) is 5.73 Å². The SMILES string of the molecule is CCC(C)OC(=O)CCC(N)c1ccccc1. The van der Waals surface area contributed by atoms with Gasteiger partial charge in [-0.05, 0) is 25.3 Å². The number of benzene rings is 1. The standard InChI is InChI=1S/C14H21NO2/c1-3-11(2)17-14(16)10-9-13(15)12-7-5-4-6-8-12/h4-8,11,13H,3,9-10,15H2,1-2H3. The molecule has 1 aromatic rings. The predicted molar refractivity (Wildman–Crippen MR) is 68.4 cm³/mol. The van der Waals surface area contributed by atoms with Gasteiger partial charge in [-0.2, -0.15) is 0 Å². The molecular formula is C14H21NO2. The minimum absolute atomic E-state index is 0.00421. The van der Waals surface area contributed by atoms with E-state index in [9.17, 15) is 4.79 Å². The van der Waals surface area contributed by atoms with Gasteiger partial charge in [0, 0.05) is 12.5 Å². The Labute approximate surface area is 103 Å². The van der Waals surface area contributed by atoms with Gasteiger partial charge in [-0.1, -0.05) is 37.3 Å². The second-order valence-electron chi connectivity index (χ2n) is 4.26. The van der Waals surface area contributed by atoms with Gasteiger partial charge in [0.1, 0.15) is 0 Å². The van der Waals surface area contributed by atoms with E-state index in [0.717, 1.165) is 12.0 Å². The maximum atomic E-state index is 11.5. The highest BCUT2D eigenvalue weighted by Crippen LogP contribution is 2.15. The third kappa shape index (κ3) is 5.00. The van der Waals surface area contributed by atoms with Gasteiger partial charge in [0.2, 0.25) is 0 Å². The molecule has 2 N–H and O–H groups in total. The van der Waals surface area contributed by atoms with Crippen molar-refractivity contribution in [3.05, 3.63) is 35.9 Å². The van der Waals surface area contributed by atoms with E-state index in [-0.39, 0.29) is 18.1 Å². The Hall–Kier alpha value is -1.35. The second-order valence-corrected chi connectivity index (χ2v) is 4.26. The summed E-state index contributed by atoms with van der Waals surface area (Å²) >= 11 is 0. The van der Waals surface area contributed by atoms with Gasteiger partial charge in [-0.3, -0.25) is 4.79 Å². The van der Waals surface area contributed by atoms with E-state index in [1.807, 2.05) is 44.2 Å². The molecule has 2 unspecified atom stereocenters. The Kier molecular flexibility index (Phi) is 5.70. The first-order valence-electron chi connectivity index (χ1n) is 6.13. The third-order valence-corrected chi connectivity index (χ3v) is 2.79. The van der Waals surface area contributed by atoms with E-state index in [1.54, 1.807) is 0 Å². The summed E-state index contributed by atoms with van der Waals surface area (Å²) in [6.07, 6.45) is 1.84. The van der Waals surface area contributed by atoms with Gasteiger partial charge in [-0.15, -0.1) is 0 Å². The van der Waals surface area contributed by atoms with E-state index >= 15 is 0 Å².